The highest BCUT2D eigenvalue weighted by Crippen LogP contribution is 2.68. The second kappa shape index (κ2) is 5.19. The van der Waals surface area contributed by atoms with E-state index >= 15 is 0 Å². The Hall–Kier alpha value is -0.120. The van der Waals surface area contributed by atoms with Gasteiger partial charge in [-0.2, -0.15) is 0 Å². The summed E-state index contributed by atoms with van der Waals surface area (Å²) in [6.07, 6.45) is 9.69. The van der Waals surface area contributed by atoms with E-state index in [1.807, 2.05) is 0 Å². The van der Waals surface area contributed by atoms with Crippen molar-refractivity contribution in [3.63, 3.8) is 0 Å². The van der Waals surface area contributed by atoms with Gasteiger partial charge in [0.1, 0.15) is 0 Å². The van der Waals surface area contributed by atoms with Gasteiger partial charge < -0.3 is 15.3 Å². The molecule has 3 N–H and O–H groups in total. The molecule has 0 aliphatic heterocycles. The molecule has 8 atom stereocenters. The Morgan fingerprint density at radius 1 is 0.913 bits per heavy atom. The second-order valence-electron chi connectivity index (χ2n) is 9.77. The first-order valence-corrected chi connectivity index (χ1v) is 9.85. The predicted molar refractivity (Wildman–Crippen MR) is 89.8 cm³/mol. The van der Waals surface area contributed by atoms with Gasteiger partial charge in [0.2, 0.25) is 0 Å². The second-order valence-corrected chi connectivity index (χ2v) is 9.77. The van der Waals surface area contributed by atoms with E-state index < -0.39 is 5.60 Å². The average molecular weight is 322 g/mol. The third-order valence-corrected chi connectivity index (χ3v) is 9.22. The highest BCUT2D eigenvalue weighted by molar-refractivity contribution is 5.13. The van der Waals surface area contributed by atoms with Crippen molar-refractivity contribution in [1.82, 2.24) is 0 Å². The number of hydrogen-bond acceptors (Lipinski definition) is 3. The van der Waals surface area contributed by atoms with Crippen molar-refractivity contribution in [1.29, 1.82) is 0 Å². The van der Waals surface area contributed by atoms with Crippen LogP contribution in [-0.2, 0) is 0 Å². The van der Waals surface area contributed by atoms with Gasteiger partial charge in [-0.25, -0.2) is 0 Å². The van der Waals surface area contributed by atoms with Crippen LogP contribution in [0.1, 0.15) is 71.6 Å². The number of aliphatic hydroxyl groups excluding tert-OH is 2. The van der Waals surface area contributed by atoms with Crippen molar-refractivity contribution >= 4 is 0 Å². The first-order valence-electron chi connectivity index (χ1n) is 9.85. The predicted octanol–water partition coefficient (Wildman–Crippen LogP) is 3.11. The van der Waals surface area contributed by atoms with Crippen molar-refractivity contribution in [2.45, 2.75) is 83.3 Å². The molecule has 0 spiro atoms. The minimum absolute atomic E-state index is 0.0792. The molecular formula is C20H34O3. The number of fused-ring (bicyclic) bond motifs is 5. The van der Waals surface area contributed by atoms with E-state index in [2.05, 4.69) is 13.8 Å². The molecule has 3 heteroatoms. The van der Waals surface area contributed by atoms with Crippen LogP contribution in [0.3, 0.4) is 0 Å². The zero-order valence-electron chi connectivity index (χ0n) is 14.8. The fourth-order valence-corrected chi connectivity index (χ4v) is 7.61. The topological polar surface area (TPSA) is 60.7 Å². The molecule has 0 heterocycles. The molecule has 4 aliphatic carbocycles. The van der Waals surface area contributed by atoms with Gasteiger partial charge in [0.05, 0.1) is 18.3 Å². The van der Waals surface area contributed by atoms with Gasteiger partial charge in [0.15, 0.2) is 0 Å². The summed E-state index contributed by atoms with van der Waals surface area (Å²) in [6, 6.07) is 0. The maximum atomic E-state index is 11.0. The summed E-state index contributed by atoms with van der Waals surface area (Å²) in [5.74, 6) is 2.73. The molecule has 0 radical (unpaired) electrons. The van der Waals surface area contributed by atoms with Crippen molar-refractivity contribution in [2.24, 2.45) is 34.5 Å². The molecule has 3 nitrogen and oxygen atoms in total. The Morgan fingerprint density at radius 3 is 2.39 bits per heavy atom. The Kier molecular flexibility index (Phi) is 3.69. The fraction of sp³-hybridized carbons (Fsp3) is 1.00. The molecule has 3 unspecified atom stereocenters. The van der Waals surface area contributed by atoms with E-state index in [-0.39, 0.29) is 18.1 Å². The summed E-state index contributed by atoms with van der Waals surface area (Å²) in [7, 11) is 0. The van der Waals surface area contributed by atoms with E-state index in [9.17, 15) is 15.3 Å². The summed E-state index contributed by atoms with van der Waals surface area (Å²) >= 11 is 0. The molecule has 0 aromatic rings. The molecule has 23 heavy (non-hydrogen) atoms. The van der Waals surface area contributed by atoms with Crippen molar-refractivity contribution in [2.75, 3.05) is 6.61 Å². The summed E-state index contributed by atoms with van der Waals surface area (Å²) in [5.41, 5.74) is -0.563. The smallest absolute Gasteiger partial charge is 0.0933 e. The Morgan fingerprint density at radius 2 is 1.65 bits per heavy atom. The maximum Gasteiger partial charge on any atom is 0.0933 e. The van der Waals surface area contributed by atoms with E-state index in [1.54, 1.807) is 0 Å². The Labute approximate surface area is 140 Å². The Bertz CT molecular complexity index is 480. The van der Waals surface area contributed by atoms with Crippen LogP contribution >= 0.6 is 0 Å². The zero-order valence-corrected chi connectivity index (χ0v) is 14.8. The van der Waals surface area contributed by atoms with Crippen LogP contribution in [0.2, 0.25) is 0 Å². The van der Waals surface area contributed by atoms with Gasteiger partial charge in [-0.3, -0.25) is 0 Å². The van der Waals surface area contributed by atoms with Gasteiger partial charge >= 0.3 is 0 Å². The lowest BCUT2D eigenvalue weighted by molar-refractivity contribution is -0.168. The maximum absolute atomic E-state index is 11.0. The lowest BCUT2D eigenvalue weighted by atomic mass is 9.44. The van der Waals surface area contributed by atoms with Crippen molar-refractivity contribution in [3.05, 3.63) is 0 Å². The minimum atomic E-state index is -0.858. The first-order chi connectivity index (χ1) is 10.8. The van der Waals surface area contributed by atoms with E-state index in [0.717, 1.165) is 38.0 Å². The van der Waals surface area contributed by atoms with Crippen molar-refractivity contribution in [3.8, 4) is 0 Å². The summed E-state index contributed by atoms with van der Waals surface area (Å²) < 4.78 is 0. The molecule has 4 fully saturated rings. The quantitative estimate of drug-likeness (QED) is 0.695. The highest BCUT2D eigenvalue weighted by atomic mass is 16.3. The highest BCUT2D eigenvalue weighted by Gasteiger charge is 2.64. The molecule has 0 aromatic heterocycles. The largest absolute Gasteiger partial charge is 0.393 e. The molecule has 0 amide bonds. The summed E-state index contributed by atoms with van der Waals surface area (Å²) in [4.78, 5) is 0. The number of rotatable bonds is 1. The van der Waals surface area contributed by atoms with Gasteiger partial charge in [-0.15, -0.1) is 0 Å². The number of hydrogen-bond donors (Lipinski definition) is 3. The standard InChI is InChI=1S/C20H34O3/c1-18-8-5-14(22)11-13(18)3-4-15-16(18)6-9-19(2)17(15)7-10-20(19,23)12-21/h13-17,21-23H,3-12H2,1-2H3/t13-,14-,15?,16?,17?,18+,19+,20+/m1/s1. The van der Waals surface area contributed by atoms with Gasteiger partial charge in [-0.1, -0.05) is 13.8 Å². The average Bonchev–Trinajstić information content (AvgIpc) is 2.80. The summed E-state index contributed by atoms with van der Waals surface area (Å²) in [5, 5.41) is 30.9. The molecule has 4 saturated carbocycles. The van der Waals surface area contributed by atoms with Crippen LogP contribution in [0.15, 0.2) is 0 Å². The SMILES string of the molecule is C[C@]12CCC3C(CC[C@@H]4C[C@H](O)CC[C@]34C)C1CC[C@]2(O)CO. The van der Waals surface area contributed by atoms with E-state index in [0.29, 0.717) is 23.2 Å². The normalized spacial score (nSPS) is 59.1. The van der Waals surface area contributed by atoms with Crippen LogP contribution < -0.4 is 0 Å². The monoisotopic (exact) mass is 322 g/mol. The van der Waals surface area contributed by atoms with Crippen LogP contribution in [0.25, 0.3) is 0 Å². The molecule has 0 bridgehead atoms. The molecule has 4 rings (SSSR count). The molecule has 4 aliphatic rings. The van der Waals surface area contributed by atoms with Crippen LogP contribution in [0.5, 0.6) is 0 Å². The van der Waals surface area contributed by atoms with Crippen LogP contribution in [0.4, 0.5) is 0 Å². The molecular weight excluding hydrogens is 288 g/mol. The van der Waals surface area contributed by atoms with Gasteiger partial charge in [0.25, 0.3) is 0 Å². The number of aliphatic hydroxyl groups is 3. The fourth-order valence-electron chi connectivity index (χ4n) is 7.61. The van der Waals surface area contributed by atoms with Crippen molar-refractivity contribution < 1.29 is 15.3 Å². The molecule has 0 saturated heterocycles. The van der Waals surface area contributed by atoms with E-state index in [4.69, 9.17) is 0 Å². The van der Waals surface area contributed by atoms with Gasteiger partial charge in [-0.05, 0) is 86.9 Å². The van der Waals surface area contributed by atoms with E-state index in [1.165, 1.54) is 25.7 Å². The summed E-state index contributed by atoms with van der Waals surface area (Å²) in [6.45, 7) is 4.66. The third kappa shape index (κ3) is 2.05. The molecule has 132 valence electrons. The molecule has 0 aromatic carbocycles. The van der Waals surface area contributed by atoms with Crippen LogP contribution in [0, 0.1) is 34.5 Å². The zero-order chi connectivity index (χ0) is 16.5. The van der Waals surface area contributed by atoms with Crippen LogP contribution in [-0.4, -0.2) is 33.6 Å². The van der Waals surface area contributed by atoms with Gasteiger partial charge in [0, 0.05) is 5.41 Å². The first kappa shape index (κ1) is 16.4. The lowest BCUT2D eigenvalue weighted by Gasteiger charge is -2.61. The minimum Gasteiger partial charge on any atom is -0.393 e. The Balaban J connectivity index is 1.63. The third-order valence-electron chi connectivity index (χ3n) is 9.22. The lowest BCUT2D eigenvalue weighted by Crippen LogP contribution is -2.57.